The number of hydrogen-bond acceptors (Lipinski definition) is 10. The zero-order valence-corrected chi connectivity index (χ0v) is 17.2. The smallest absolute Gasteiger partial charge is 0.481 e. The Morgan fingerprint density at radius 3 is 0.514 bits per heavy atom. The van der Waals surface area contributed by atoms with Gasteiger partial charge in [-0.1, -0.05) is 0 Å². The van der Waals surface area contributed by atoms with Crippen LogP contribution in [0.1, 0.15) is 12.8 Å². The predicted molar refractivity (Wildman–Crippen MR) is 101 cm³/mol. The highest BCUT2D eigenvalue weighted by Crippen LogP contribution is 2.15. The molecule has 25 heteroatoms. The summed E-state index contributed by atoms with van der Waals surface area (Å²) in [4.78, 5) is 81.8. The second-order valence-electron chi connectivity index (χ2n) is 4.17. The van der Waals surface area contributed by atoms with E-state index in [1.54, 1.807) is 0 Å². The number of carbonyl (C=O) groups is 9. The van der Waals surface area contributed by atoms with Gasteiger partial charge in [0.15, 0.2) is 5.60 Å². The number of carboxylic acids is 3. The van der Waals surface area contributed by atoms with Gasteiger partial charge < -0.3 is 81.7 Å². The molecular weight excluding hydrogens is 544 g/mol. The summed E-state index contributed by atoms with van der Waals surface area (Å²) in [5, 5.41) is 117. The van der Waals surface area contributed by atoms with Crippen molar-refractivity contribution in [1.29, 1.82) is 0 Å². The van der Waals surface area contributed by atoms with Gasteiger partial charge in [-0.2, -0.15) is 0 Å². The first-order chi connectivity index (χ1) is 16.2. The van der Waals surface area contributed by atoms with E-state index < -0.39 is 73.3 Å². The highest BCUT2D eigenvalue weighted by atomic mass is 16.6. The van der Waals surface area contributed by atoms with Crippen molar-refractivity contribution >= 4 is 54.8 Å². The molecule has 0 aromatic rings. The molecule has 0 amide bonds. The van der Waals surface area contributed by atoms with Crippen molar-refractivity contribution in [3.05, 3.63) is 0 Å². The number of carboxylic acid groups (broad SMARTS) is 15. The third kappa shape index (κ3) is 235. The minimum absolute atomic E-state index is 1.14. The Balaban J connectivity index is -0.0000000627. The van der Waals surface area contributed by atoms with Crippen molar-refractivity contribution in [1.82, 2.24) is 0 Å². The van der Waals surface area contributed by atoms with Crippen molar-refractivity contribution in [2.75, 3.05) is 0 Å². The fourth-order valence-electron chi connectivity index (χ4n) is 0.714. The molecule has 0 rings (SSSR count). The van der Waals surface area contributed by atoms with Crippen molar-refractivity contribution in [2.45, 2.75) is 18.4 Å². The maximum atomic E-state index is 10.3. The van der Waals surface area contributed by atoms with Crippen molar-refractivity contribution < 1.29 is 125 Å². The average molecular weight is 564 g/mol. The molecule has 0 aromatic carbocycles. The fourth-order valence-corrected chi connectivity index (χ4v) is 0.714. The Bertz CT molecular complexity index is 601. The summed E-state index contributed by atoms with van der Waals surface area (Å²) in [5.74, 6) is -5.02. The van der Waals surface area contributed by atoms with E-state index in [4.69, 9.17) is 110 Å². The third-order valence-corrected chi connectivity index (χ3v) is 1.29. The molecular formula is C12H20O25. The molecule has 0 spiro atoms. The summed E-state index contributed by atoms with van der Waals surface area (Å²) in [5.41, 5.74) is -2.74. The second kappa shape index (κ2) is 30.0. The van der Waals surface area contributed by atoms with Crippen molar-refractivity contribution in [2.24, 2.45) is 0 Å². The molecule has 0 fully saturated rings. The predicted octanol–water partition coefficient (Wildman–Crippen LogP) is 0.0859. The number of aliphatic hydroxyl groups is 1. The van der Waals surface area contributed by atoms with Gasteiger partial charge in [-0.15, -0.1) is 0 Å². The van der Waals surface area contributed by atoms with E-state index in [0.29, 0.717) is 0 Å². The van der Waals surface area contributed by atoms with E-state index >= 15 is 0 Å². The normalized spacial score (nSPS) is 7.70. The maximum absolute atomic E-state index is 10.3. The lowest BCUT2D eigenvalue weighted by molar-refractivity contribution is -0.170. The Morgan fingerprint density at radius 2 is 0.459 bits per heavy atom. The van der Waals surface area contributed by atoms with Crippen LogP contribution in [0, 0.1) is 0 Å². The second-order valence-corrected chi connectivity index (χ2v) is 4.17. The Labute approximate surface area is 199 Å². The summed E-state index contributed by atoms with van der Waals surface area (Å²) in [7, 11) is 0. The molecule has 0 unspecified atom stereocenters. The first-order valence-electron chi connectivity index (χ1n) is 7.08. The molecule has 0 aliphatic carbocycles. The van der Waals surface area contributed by atoms with Crippen LogP contribution in [0.15, 0.2) is 0 Å². The van der Waals surface area contributed by atoms with Gasteiger partial charge in [-0.05, 0) is 0 Å². The molecule has 0 radical (unpaired) electrons. The summed E-state index contributed by atoms with van der Waals surface area (Å²) in [6.45, 7) is 0. The molecule has 0 saturated heterocycles. The topological polar surface area (TPSA) is 477 Å². The van der Waals surface area contributed by atoms with Gasteiger partial charge >= 0.3 is 54.8 Å². The van der Waals surface area contributed by atoms with Gasteiger partial charge in [-0.3, -0.25) is 9.59 Å². The van der Waals surface area contributed by atoms with Crippen LogP contribution in [-0.2, 0) is 14.4 Å². The Hall–Kier alpha value is -6.01. The van der Waals surface area contributed by atoms with Crippen LogP contribution in [0.3, 0.4) is 0 Å². The fraction of sp³-hybridized carbons (Fsp3) is 0.250. The first-order valence-corrected chi connectivity index (χ1v) is 7.08. The molecule has 218 valence electrons. The molecule has 0 heterocycles. The standard InChI is InChI=1S/C6H8O7.6CH2O3/c7-3(8)1-6(13,5(11)12)2-4(9)10;6*2-1(3)4/h13H,1-2H2,(H,7,8)(H,9,10)(H,11,12);6*(H2,2,3,4). The van der Waals surface area contributed by atoms with Crippen LogP contribution in [0.4, 0.5) is 28.8 Å². The monoisotopic (exact) mass is 564 g/mol. The molecule has 0 aliphatic rings. The third-order valence-electron chi connectivity index (χ3n) is 1.29. The summed E-state index contributed by atoms with van der Waals surface area (Å²) in [6.07, 6.45) is -13.3. The van der Waals surface area contributed by atoms with Gasteiger partial charge in [0.25, 0.3) is 0 Å². The summed E-state index contributed by atoms with van der Waals surface area (Å²) in [6, 6.07) is 0. The highest BCUT2D eigenvalue weighted by molar-refractivity contribution is 5.88. The zero-order valence-electron chi connectivity index (χ0n) is 17.2. The van der Waals surface area contributed by atoms with E-state index in [2.05, 4.69) is 0 Å². The highest BCUT2D eigenvalue weighted by Gasteiger charge is 2.40. The Kier molecular flexibility index (Phi) is 39.3. The minimum Gasteiger partial charge on any atom is -0.481 e. The molecule has 0 aromatic heterocycles. The summed E-state index contributed by atoms with van der Waals surface area (Å²) >= 11 is 0. The van der Waals surface area contributed by atoms with Gasteiger partial charge in [0, 0.05) is 0 Å². The number of aliphatic carboxylic acids is 3. The van der Waals surface area contributed by atoms with Crippen LogP contribution in [0.25, 0.3) is 0 Å². The zero-order chi connectivity index (χ0) is 32.1. The minimum atomic E-state index is -2.74. The lowest BCUT2D eigenvalue weighted by Crippen LogP contribution is -2.42. The van der Waals surface area contributed by atoms with Gasteiger partial charge in [0.05, 0.1) is 12.8 Å². The molecule has 0 saturated carbocycles. The largest absolute Gasteiger partial charge is 0.503 e. The van der Waals surface area contributed by atoms with Gasteiger partial charge in [0.2, 0.25) is 0 Å². The van der Waals surface area contributed by atoms with E-state index in [1.807, 2.05) is 0 Å². The Morgan fingerprint density at radius 1 is 0.351 bits per heavy atom. The molecule has 25 nitrogen and oxygen atoms in total. The van der Waals surface area contributed by atoms with Gasteiger partial charge in [0.1, 0.15) is 0 Å². The molecule has 0 aliphatic heterocycles. The quantitative estimate of drug-likeness (QED) is 0.210. The van der Waals surface area contributed by atoms with Gasteiger partial charge in [-0.25, -0.2) is 33.6 Å². The van der Waals surface area contributed by atoms with Crippen LogP contribution >= 0.6 is 0 Å². The maximum Gasteiger partial charge on any atom is 0.503 e. The van der Waals surface area contributed by atoms with E-state index in [-0.39, 0.29) is 0 Å². The summed E-state index contributed by atoms with van der Waals surface area (Å²) < 4.78 is 0. The van der Waals surface area contributed by atoms with Crippen LogP contribution in [0.5, 0.6) is 0 Å². The lowest BCUT2D eigenvalue weighted by atomic mass is 9.96. The molecule has 37 heavy (non-hydrogen) atoms. The number of hydrogen-bond donors (Lipinski definition) is 16. The van der Waals surface area contributed by atoms with E-state index in [0.717, 1.165) is 0 Å². The lowest BCUT2D eigenvalue weighted by Gasteiger charge is -2.18. The van der Waals surface area contributed by atoms with Crippen LogP contribution in [-0.4, -0.2) is 142 Å². The average Bonchev–Trinajstić information content (AvgIpc) is 2.49. The molecule has 0 bridgehead atoms. The van der Waals surface area contributed by atoms with Crippen LogP contribution < -0.4 is 0 Å². The number of rotatable bonds is 5. The molecule has 0 atom stereocenters. The van der Waals surface area contributed by atoms with E-state index in [1.165, 1.54) is 0 Å². The van der Waals surface area contributed by atoms with Crippen LogP contribution in [0.2, 0.25) is 0 Å². The SMILES string of the molecule is O=C(O)CC(O)(CC(=O)O)C(=O)O.O=C(O)O.O=C(O)O.O=C(O)O.O=C(O)O.O=C(O)O.O=C(O)O. The van der Waals surface area contributed by atoms with E-state index in [9.17, 15) is 14.4 Å². The van der Waals surface area contributed by atoms with Crippen molar-refractivity contribution in [3.63, 3.8) is 0 Å². The molecule has 16 N–H and O–H groups in total. The van der Waals surface area contributed by atoms with Crippen molar-refractivity contribution in [3.8, 4) is 0 Å². The first kappa shape index (κ1) is 48.4.